The van der Waals surface area contributed by atoms with Gasteiger partial charge >= 0.3 is 11.7 Å². The van der Waals surface area contributed by atoms with Gasteiger partial charge in [-0.3, -0.25) is 10.1 Å². The van der Waals surface area contributed by atoms with Crippen molar-refractivity contribution >= 4 is 39.1 Å². The molecule has 1 aliphatic rings. The molecule has 2 aromatic rings. The van der Waals surface area contributed by atoms with Crippen LogP contribution in [0.1, 0.15) is 16.8 Å². The van der Waals surface area contributed by atoms with E-state index in [1.165, 1.54) is 19.4 Å². The molecule has 2 heterocycles. The summed E-state index contributed by atoms with van der Waals surface area (Å²) in [5.74, 6) is -0.156. The summed E-state index contributed by atoms with van der Waals surface area (Å²) in [7, 11) is 1.22. The molecule has 0 spiro atoms. The smallest absolute Gasteiger partial charge is 0.339 e. The number of esters is 1. The fraction of sp³-hybridized carbons (Fsp3) is 0.333. The van der Waals surface area contributed by atoms with Crippen molar-refractivity contribution in [3.8, 4) is 0 Å². The molecule has 1 aromatic heterocycles. The fourth-order valence-corrected chi connectivity index (χ4v) is 3.49. The summed E-state index contributed by atoms with van der Waals surface area (Å²) in [6.45, 7) is 2.35. The predicted molar refractivity (Wildman–Crippen MR) is 105 cm³/mol. The number of halogens is 1. The quantitative estimate of drug-likeness (QED) is 0.422. The second kappa shape index (κ2) is 8.34. The van der Waals surface area contributed by atoms with E-state index in [1.54, 1.807) is 0 Å². The normalized spacial score (nSPS) is 16.2. The number of nitro groups is 1. The Kier molecular flexibility index (Phi) is 5.90. The number of carbonyl (C=O) groups excluding carboxylic acids is 1. The van der Waals surface area contributed by atoms with E-state index >= 15 is 0 Å². The third kappa shape index (κ3) is 4.54. The van der Waals surface area contributed by atoms with E-state index in [9.17, 15) is 14.9 Å². The molecular formula is C18H19BrN4O4. The van der Waals surface area contributed by atoms with Gasteiger partial charge in [0, 0.05) is 42.1 Å². The first-order chi connectivity index (χ1) is 13.0. The number of carbonyl (C=O) groups is 1. The van der Waals surface area contributed by atoms with Gasteiger partial charge in [-0.05, 0) is 30.5 Å². The van der Waals surface area contributed by atoms with Crippen LogP contribution >= 0.6 is 15.9 Å². The SMILES string of the molecule is COC(=O)c1cnc(NCC2CCN(c3cccc(Br)c3)C2)c([N+](=O)[O-])c1. The van der Waals surface area contributed by atoms with Crippen molar-refractivity contribution in [1.29, 1.82) is 0 Å². The van der Waals surface area contributed by atoms with Gasteiger partial charge in [-0.2, -0.15) is 0 Å². The second-order valence-corrected chi connectivity index (χ2v) is 7.22. The van der Waals surface area contributed by atoms with Gasteiger partial charge in [0.1, 0.15) is 0 Å². The van der Waals surface area contributed by atoms with Crippen LogP contribution in [0.4, 0.5) is 17.2 Å². The Hall–Kier alpha value is -2.68. The Bertz CT molecular complexity index is 861. The van der Waals surface area contributed by atoms with Crippen LogP contribution < -0.4 is 10.2 Å². The van der Waals surface area contributed by atoms with Gasteiger partial charge in [0.25, 0.3) is 0 Å². The van der Waals surface area contributed by atoms with Crippen molar-refractivity contribution in [2.24, 2.45) is 5.92 Å². The maximum atomic E-state index is 11.5. The highest BCUT2D eigenvalue weighted by Crippen LogP contribution is 2.28. The Morgan fingerprint density at radius 3 is 3.00 bits per heavy atom. The zero-order valence-corrected chi connectivity index (χ0v) is 16.3. The number of hydrogen-bond donors (Lipinski definition) is 1. The number of nitrogens with zero attached hydrogens (tertiary/aromatic N) is 3. The van der Waals surface area contributed by atoms with E-state index in [0.717, 1.165) is 29.7 Å². The molecule has 3 rings (SSSR count). The van der Waals surface area contributed by atoms with E-state index in [4.69, 9.17) is 0 Å². The maximum absolute atomic E-state index is 11.5. The number of pyridine rings is 1. The highest BCUT2D eigenvalue weighted by molar-refractivity contribution is 9.10. The molecule has 0 radical (unpaired) electrons. The molecule has 1 aliphatic heterocycles. The number of anilines is 2. The number of nitrogens with one attached hydrogen (secondary N) is 1. The number of ether oxygens (including phenoxy) is 1. The number of methoxy groups -OCH3 is 1. The van der Waals surface area contributed by atoms with Gasteiger partial charge in [0.2, 0.25) is 5.82 Å². The standard InChI is InChI=1S/C18H19BrN4O4/c1-27-18(24)13-7-16(23(25)26)17(21-10-13)20-9-12-5-6-22(11-12)15-4-2-3-14(19)8-15/h2-4,7-8,10,12H,5-6,9,11H2,1H3,(H,20,21). The summed E-state index contributed by atoms with van der Waals surface area (Å²) in [6.07, 6.45) is 2.26. The minimum Gasteiger partial charge on any atom is -0.465 e. The van der Waals surface area contributed by atoms with E-state index in [0.29, 0.717) is 12.5 Å². The molecule has 8 nitrogen and oxygen atoms in total. The second-order valence-electron chi connectivity index (χ2n) is 6.30. The lowest BCUT2D eigenvalue weighted by Crippen LogP contribution is -2.22. The minimum absolute atomic E-state index is 0.0523. The first kappa shape index (κ1) is 19.1. The first-order valence-corrected chi connectivity index (χ1v) is 9.24. The van der Waals surface area contributed by atoms with E-state index in [-0.39, 0.29) is 17.1 Å². The average Bonchev–Trinajstić information content (AvgIpc) is 3.14. The van der Waals surface area contributed by atoms with Gasteiger partial charge in [0.05, 0.1) is 17.6 Å². The van der Waals surface area contributed by atoms with E-state index in [2.05, 4.69) is 48.0 Å². The van der Waals surface area contributed by atoms with Crippen molar-refractivity contribution in [3.05, 3.63) is 56.7 Å². The number of benzene rings is 1. The minimum atomic E-state index is -0.655. The molecule has 1 aromatic carbocycles. The molecule has 0 aliphatic carbocycles. The molecule has 1 saturated heterocycles. The van der Waals surface area contributed by atoms with Crippen LogP contribution in [0.2, 0.25) is 0 Å². The molecule has 0 amide bonds. The van der Waals surface area contributed by atoms with Crippen molar-refractivity contribution in [2.45, 2.75) is 6.42 Å². The van der Waals surface area contributed by atoms with Crippen molar-refractivity contribution in [3.63, 3.8) is 0 Å². The first-order valence-electron chi connectivity index (χ1n) is 8.45. The third-order valence-corrected chi connectivity index (χ3v) is 5.00. The van der Waals surface area contributed by atoms with Crippen molar-refractivity contribution < 1.29 is 14.5 Å². The number of hydrogen-bond acceptors (Lipinski definition) is 7. The highest BCUT2D eigenvalue weighted by Gasteiger charge is 2.25. The zero-order chi connectivity index (χ0) is 19.4. The molecule has 0 bridgehead atoms. The lowest BCUT2D eigenvalue weighted by Gasteiger charge is -2.19. The number of rotatable bonds is 6. The van der Waals surface area contributed by atoms with Gasteiger partial charge in [-0.1, -0.05) is 22.0 Å². The van der Waals surface area contributed by atoms with E-state index in [1.807, 2.05) is 12.1 Å². The van der Waals surface area contributed by atoms with Crippen molar-refractivity contribution in [1.82, 2.24) is 4.98 Å². The van der Waals surface area contributed by atoms with Gasteiger partial charge in [-0.25, -0.2) is 9.78 Å². The molecule has 27 heavy (non-hydrogen) atoms. The van der Waals surface area contributed by atoms with Crippen LogP contribution in [0.5, 0.6) is 0 Å². The summed E-state index contributed by atoms with van der Waals surface area (Å²) in [5.41, 5.74) is 0.967. The molecule has 0 saturated carbocycles. The lowest BCUT2D eigenvalue weighted by molar-refractivity contribution is -0.384. The lowest BCUT2D eigenvalue weighted by atomic mass is 10.1. The topological polar surface area (TPSA) is 97.6 Å². The van der Waals surface area contributed by atoms with Crippen LogP contribution in [-0.4, -0.2) is 42.6 Å². The summed E-state index contributed by atoms with van der Waals surface area (Å²) in [5, 5.41) is 14.4. The van der Waals surface area contributed by atoms with Crippen LogP contribution in [-0.2, 0) is 4.74 Å². The molecule has 1 unspecified atom stereocenters. The third-order valence-electron chi connectivity index (χ3n) is 4.50. The zero-order valence-electron chi connectivity index (χ0n) is 14.7. The molecular weight excluding hydrogens is 416 g/mol. The largest absolute Gasteiger partial charge is 0.465 e. The van der Waals surface area contributed by atoms with Crippen molar-refractivity contribution in [2.75, 3.05) is 37.0 Å². The molecule has 1 fully saturated rings. The Morgan fingerprint density at radius 1 is 1.48 bits per heavy atom. The number of aromatic nitrogens is 1. The maximum Gasteiger partial charge on any atom is 0.339 e. The van der Waals surface area contributed by atoms with Crippen LogP contribution in [0.15, 0.2) is 41.0 Å². The van der Waals surface area contributed by atoms with Gasteiger partial charge in [0.15, 0.2) is 0 Å². The van der Waals surface area contributed by atoms with Gasteiger partial charge < -0.3 is 15.0 Å². The monoisotopic (exact) mass is 434 g/mol. The summed E-state index contributed by atoms with van der Waals surface area (Å²) in [4.78, 5) is 28.6. The fourth-order valence-electron chi connectivity index (χ4n) is 3.11. The molecule has 1 atom stereocenters. The molecule has 142 valence electrons. The van der Waals surface area contributed by atoms with Crippen LogP contribution in [0.25, 0.3) is 0 Å². The summed E-state index contributed by atoms with van der Waals surface area (Å²) in [6, 6.07) is 9.32. The van der Waals surface area contributed by atoms with Gasteiger partial charge in [-0.15, -0.1) is 0 Å². The Balaban J connectivity index is 1.65. The average molecular weight is 435 g/mol. The van der Waals surface area contributed by atoms with E-state index < -0.39 is 10.9 Å². The summed E-state index contributed by atoms with van der Waals surface area (Å²) < 4.78 is 5.62. The Labute approximate surface area is 164 Å². The molecule has 9 heteroatoms. The predicted octanol–water partition coefficient (Wildman–Crippen LogP) is 3.48. The summed E-state index contributed by atoms with van der Waals surface area (Å²) >= 11 is 3.48. The highest BCUT2D eigenvalue weighted by atomic mass is 79.9. The molecule has 1 N–H and O–H groups in total. The van der Waals surface area contributed by atoms with Crippen LogP contribution in [0.3, 0.4) is 0 Å². The van der Waals surface area contributed by atoms with Crippen LogP contribution in [0, 0.1) is 16.0 Å². The Morgan fingerprint density at radius 2 is 2.30 bits per heavy atom.